The predicted octanol–water partition coefficient (Wildman–Crippen LogP) is 15.7. The number of phenolic OH excluding ortho intramolecular Hbond substituents is 1. The molecule has 5 aliphatic rings. The van der Waals surface area contributed by atoms with Crippen molar-refractivity contribution in [2.75, 3.05) is 6.61 Å². The molecule has 18 heteroatoms. The molecule has 1 heterocycles. The van der Waals surface area contributed by atoms with Gasteiger partial charge >= 0.3 is 35.1 Å². The molecular weight excluding hydrogens is 1180 g/mol. The van der Waals surface area contributed by atoms with Gasteiger partial charge in [0.15, 0.2) is 30.9 Å². The summed E-state index contributed by atoms with van der Waals surface area (Å²) in [7, 11) is -5.87. The van der Waals surface area contributed by atoms with Crippen molar-refractivity contribution < 1.29 is 74.5 Å². The number of carbonyl (C=O) groups is 5. The number of hydrogen-bond donors (Lipinski definition) is 1. The minimum atomic E-state index is -5.86. The van der Waals surface area contributed by atoms with Crippen LogP contribution >= 0.6 is 0 Å². The van der Waals surface area contributed by atoms with Crippen LogP contribution in [0.1, 0.15) is 179 Å². The second kappa shape index (κ2) is 30.5. The van der Waals surface area contributed by atoms with Crippen LogP contribution in [0, 0.1) is 71.0 Å². The van der Waals surface area contributed by atoms with Crippen LogP contribution in [0.2, 0.25) is 0 Å². The average molecular weight is 1280 g/mol. The van der Waals surface area contributed by atoms with Crippen molar-refractivity contribution in [3.8, 4) is 11.5 Å². The summed E-state index contributed by atoms with van der Waals surface area (Å²) in [5.41, 5.74) is -1.07. The molecule has 5 fully saturated rings. The number of aryl methyl sites for hydroxylation is 2. The molecule has 0 spiro atoms. The summed E-state index contributed by atoms with van der Waals surface area (Å²) >= 11 is 0. The van der Waals surface area contributed by atoms with Crippen LogP contribution in [0.3, 0.4) is 0 Å². The van der Waals surface area contributed by atoms with Gasteiger partial charge in [-0.1, -0.05) is 89.2 Å². The number of alkyl halides is 2. The number of aromatic hydroxyl groups is 1. The Hall–Kier alpha value is -5.85. The molecule has 1 saturated heterocycles. The smallest absolute Gasteiger partial charge is 0.369 e. The van der Waals surface area contributed by atoms with Crippen LogP contribution in [0.5, 0.6) is 11.5 Å². The molecule has 0 amide bonds. The number of hydrogen-bond acceptors (Lipinski definition) is 14. The number of fused-ring (bicyclic) bond motifs is 9. The Bertz CT molecular complexity index is 3020. The van der Waals surface area contributed by atoms with Gasteiger partial charge in [-0.15, -0.1) is 0 Å². The lowest BCUT2D eigenvalue weighted by Crippen LogP contribution is -2.49. The lowest BCUT2D eigenvalue weighted by atomic mass is 9.65. The maximum atomic E-state index is 13.0. The number of halogens is 2. The molecule has 9 rings (SSSR count). The van der Waals surface area contributed by atoms with Crippen LogP contribution in [-0.2, 0) is 63.9 Å². The van der Waals surface area contributed by atoms with E-state index in [4.69, 9.17) is 18.9 Å². The first-order valence-electron chi connectivity index (χ1n) is 31.5. The van der Waals surface area contributed by atoms with Gasteiger partial charge in [-0.05, 0) is 230 Å². The average Bonchev–Trinajstić information content (AvgIpc) is 1.54. The SMILES string of the molecule is CCC(C)(C)C(=O)OC(C)C(F)(F)S(=O)(=O)[O-].CCC(C)(C)C(=O)OC1(CC)CC2CC1C1C3CCC(C3)C21.CCC(C)(C)C(=O)OC1CCOC1=O.CCC(C)(C)C(=O)Oc1cc(C)c(O)c(C)c1.c1ccc([S+](c2ccccc2)c2ccccc2)cc1. The van der Waals surface area contributed by atoms with E-state index < -0.39 is 55.8 Å². The van der Waals surface area contributed by atoms with E-state index in [2.05, 4.69) is 110 Å². The molecule has 9 unspecified atom stereocenters. The molecule has 4 saturated carbocycles. The van der Waals surface area contributed by atoms with E-state index in [1.54, 1.807) is 46.8 Å². The van der Waals surface area contributed by atoms with E-state index in [0.717, 1.165) is 55.3 Å². The van der Waals surface area contributed by atoms with Gasteiger partial charge in [0.05, 0.1) is 39.2 Å². The zero-order chi connectivity index (χ0) is 66.7. The Morgan fingerprint density at radius 2 is 1.08 bits per heavy atom. The molecule has 9 atom stereocenters. The second-order valence-corrected chi connectivity index (χ2v) is 30.5. The number of benzene rings is 4. The Balaban J connectivity index is 0.000000204. The first-order chi connectivity index (χ1) is 41.5. The number of rotatable bonds is 18. The van der Waals surface area contributed by atoms with Gasteiger partial charge in [0.25, 0.3) is 0 Å². The molecule has 0 radical (unpaired) electrons. The van der Waals surface area contributed by atoms with E-state index in [9.17, 15) is 50.8 Å². The Labute approximate surface area is 531 Å². The normalized spacial score (nSPS) is 22.9. The largest absolute Gasteiger partial charge is 0.743 e. The number of cyclic esters (lactones) is 1. The lowest BCUT2D eigenvalue weighted by molar-refractivity contribution is -0.183. The molecule has 1 aliphatic heterocycles. The summed E-state index contributed by atoms with van der Waals surface area (Å²) in [6.45, 7) is 28.7. The molecule has 14 nitrogen and oxygen atoms in total. The Kier molecular flexibility index (Phi) is 25.3. The molecular formula is C71H98F2O14S2. The summed E-state index contributed by atoms with van der Waals surface area (Å²) in [4.78, 5) is 62.7. The fraction of sp³-hybridized carbons (Fsp3) is 0.592. The monoisotopic (exact) mass is 1280 g/mol. The third kappa shape index (κ3) is 18.0. The topological polar surface area (TPSA) is 209 Å². The third-order valence-electron chi connectivity index (χ3n) is 19.4. The quantitative estimate of drug-likeness (QED) is 0.0245. The zero-order valence-electron chi connectivity index (χ0n) is 55.2. The van der Waals surface area contributed by atoms with Crippen molar-refractivity contribution in [3.63, 3.8) is 0 Å². The van der Waals surface area contributed by atoms with Crippen LogP contribution < -0.4 is 4.74 Å². The van der Waals surface area contributed by atoms with E-state index in [1.165, 1.54) is 54.2 Å². The number of esters is 5. The standard InChI is InChI=1S/C20H32O2.C18H15S.C14H20O3.C10H16O4.C9H16F2O5S/c1-5-19(3,4)18(21)22-20(6-2)11-14-10-15(20)17-13-8-7-12(9-13)16(14)17;1-4-10-16(11-5-1)19(17-12-6-2-7-13-17)18-14-8-3-9-15-18;1-6-14(4,5)13(16)17-11-7-9(2)12(15)10(3)8-11;1-4-10(2,3)9(12)14-7-5-6-13-8(7)11;1-5-8(3,4)7(12)16-6(2)9(10,11)17(13,14)15/h12-17H,5-11H2,1-4H3;1-15H;7-8,15H,6H2,1-5H3;7H,4-6H2,1-3H3;6H,5H2,1-4H3,(H,13,14,15)/q;+1;;;/p-1. The summed E-state index contributed by atoms with van der Waals surface area (Å²) in [5, 5.41) is 5.00. The number of phenols is 1. The third-order valence-corrected chi connectivity index (χ3v) is 22.6. The second-order valence-electron chi connectivity index (χ2n) is 27.0. The van der Waals surface area contributed by atoms with Gasteiger partial charge in [0.2, 0.25) is 6.10 Å². The summed E-state index contributed by atoms with van der Waals surface area (Å²) < 4.78 is 82.6. The highest BCUT2D eigenvalue weighted by atomic mass is 32.2. The lowest BCUT2D eigenvalue weighted by Gasteiger charge is -2.46. The van der Waals surface area contributed by atoms with E-state index >= 15 is 0 Å². The van der Waals surface area contributed by atoms with Crippen LogP contribution in [0.4, 0.5) is 8.78 Å². The molecule has 4 aromatic rings. The molecule has 4 aliphatic carbocycles. The van der Waals surface area contributed by atoms with Gasteiger partial charge in [0, 0.05) is 12.3 Å². The molecule has 89 heavy (non-hydrogen) atoms. The summed E-state index contributed by atoms with van der Waals surface area (Å²) in [6, 6.07) is 35.5. The Morgan fingerprint density at radius 1 is 0.652 bits per heavy atom. The maximum Gasteiger partial charge on any atom is 0.369 e. The number of carbonyl (C=O) groups excluding carboxylic acids is 5. The van der Waals surface area contributed by atoms with Crippen LogP contribution in [0.15, 0.2) is 118 Å². The van der Waals surface area contributed by atoms with Gasteiger partial charge in [-0.3, -0.25) is 19.2 Å². The first-order valence-corrected chi connectivity index (χ1v) is 34.2. The van der Waals surface area contributed by atoms with E-state index in [-0.39, 0.29) is 45.6 Å². The maximum absolute atomic E-state index is 13.0. The zero-order valence-corrected chi connectivity index (χ0v) is 56.9. The highest BCUT2D eigenvalue weighted by molar-refractivity contribution is 7.97. The van der Waals surface area contributed by atoms with Gasteiger partial charge in [0.1, 0.15) is 17.1 Å². The molecule has 0 aromatic heterocycles. The minimum Gasteiger partial charge on any atom is -0.743 e. The van der Waals surface area contributed by atoms with Crippen molar-refractivity contribution in [2.24, 2.45) is 57.2 Å². The highest BCUT2D eigenvalue weighted by Crippen LogP contribution is 2.71. The van der Waals surface area contributed by atoms with Crippen LogP contribution in [-0.4, -0.2) is 77.6 Å². The highest BCUT2D eigenvalue weighted by Gasteiger charge is 2.68. The van der Waals surface area contributed by atoms with Crippen molar-refractivity contribution in [1.82, 2.24) is 0 Å². The van der Waals surface area contributed by atoms with Gasteiger partial charge in [-0.25, -0.2) is 13.2 Å². The van der Waals surface area contributed by atoms with Crippen molar-refractivity contribution in [2.45, 2.75) is 219 Å². The molecule has 1 N–H and O–H groups in total. The van der Waals surface area contributed by atoms with E-state index in [0.29, 0.717) is 55.6 Å². The summed E-state index contributed by atoms with van der Waals surface area (Å²) in [6.07, 6.45) is 8.00. The van der Waals surface area contributed by atoms with Crippen LogP contribution in [0.25, 0.3) is 0 Å². The van der Waals surface area contributed by atoms with Gasteiger partial charge in [-0.2, -0.15) is 8.78 Å². The molecule has 492 valence electrons. The first kappa shape index (κ1) is 73.9. The molecule has 4 bridgehead atoms. The van der Waals surface area contributed by atoms with Gasteiger partial charge < -0.3 is 33.3 Å². The number of ether oxygens (including phenoxy) is 5. The minimum absolute atomic E-state index is 0.0146. The predicted molar refractivity (Wildman–Crippen MR) is 340 cm³/mol. The van der Waals surface area contributed by atoms with Crippen molar-refractivity contribution >= 4 is 50.9 Å². The summed E-state index contributed by atoms with van der Waals surface area (Å²) in [5.74, 6) is 4.16. The molecule has 4 aromatic carbocycles. The fourth-order valence-corrected chi connectivity index (χ4v) is 14.5. The Morgan fingerprint density at radius 3 is 1.49 bits per heavy atom. The fourth-order valence-electron chi connectivity index (χ4n) is 12.0. The van der Waals surface area contributed by atoms with Crippen molar-refractivity contribution in [1.29, 1.82) is 0 Å². The van der Waals surface area contributed by atoms with Crippen molar-refractivity contribution in [3.05, 3.63) is 114 Å². The van der Waals surface area contributed by atoms with E-state index in [1.807, 2.05) is 41.5 Å².